The molecule has 4 N–H and O–H groups in total. The highest BCUT2D eigenvalue weighted by Gasteiger charge is 2.30. The number of halogens is 1. The maximum Gasteiger partial charge on any atom is 0.266 e. The molecule has 14 heteroatoms. The number of rotatable bonds is 14. The summed E-state index contributed by atoms with van der Waals surface area (Å²) >= 11 is 6.26. The fourth-order valence-corrected chi connectivity index (χ4v) is 9.31. The van der Waals surface area contributed by atoms with E-state index in [1.165, 1.54) is 30.2 Å². The summed E-state index contributed by atoms with van der Waals surface area (Å²) < 4.78 is 28.4. The van der Waals surface area contributed by atoms with Gasteiger partial charge in [-0.25, -0.2) is 9.19 Å². The largest absolute Gasteiger partial charge is 0.455 e. The molecule has 0 radical (unpaired) electrons. The number of benzene rings is 3. The molecule has 0 saturated carbocycles. The normalized spacial score (nSPS) is 18.0. The molecule has 4 heterocycles. The first-order valence-electron chi connectivity index (χ1n) is 20.8. The third-order valence-electron chi connectivity index (χ3n) is 11.9. The van der Waals surface area contributed by atoms with Gasteiger partial charge in [-0.2, -0.15) is 0 Å². The molecule has 2 saturated heterocycles. The summed E-state index contributed by atoms with van der Waals surface area (Å²) in [6.07, 6.45) is 8.77. The molecule has 3 aliphatic rings. The highest BCUT2D eigenvalue weighted by atomic mass is 35.5. The molecule has 8 rings (SSSR count). The Bertz CT molecular complexity index is 2350. The summed E-state index contributed by atoms with van der Waals surface area (Å²) in [5.74, 6) is 0.804. The molecule has 2 fully saturated rings. The fourth-order valence-electron chi connectivity index (χ4n) is 8.37. The van der Waals surface area contributed by atoms with Crippen LogP contribution in [0.3, 0.4) is 0 Å². The topological polar surface area (TPSA) is 133 Å². The van der Waals surface area contributed by atoms with Crippen LogP contribution in [0.2, 0.25) is 5.02 Å². The Labute approximate surface area is 359 Å². The molecule has 1 amide bonds. The van der Waals surface area contributed by atoms with E-state index in [0.717, 1.165) is 106 Å². The Balaban J connectivity index is 0.980. The minimum atomic E-state index is -1.89. The van der Waals surface area contributed by atoms with Crippen LogP contribution < -0.4 is 25.2 Å². The van der Waals surface area contributed by atoms with Gasteiger partial charge >= 0.3 is 0 Å². The summed E-state index contributed by atoms with van der Waals surface area (Å²) in [5, 5.41) is 5.13. The van der Waals surface area contributed by atoms with Crippen LogP contribution in [-0.4, -0.2) is 84.6 Å². The predicted molar refractivity (Wildman–Crippen MR) is 240 cm³/mol. The number of carbonyl (C=O) groups is 1. The number of hydrogen-bond acceptors (Lipinski definition) is 10. The Kier molecular flexibility index (Phi) is 13.1. The molecule has 3 aromatic carbocycles. The van der Waals surface area contributed by atoms with Crippen molar-refractivity contribution in [3.05, 3.63) is 107 Å². The third-order valence-corrected chi connectivity index (χ3v) is 13.2. The lowest BCUT2D eigenvalue weighted by atomic mass is 9.72. The molecule has 1 atom stereocenters. The van der Waals surface area contributed by atoms with Gasteiger partial charge in [-0.3, -0.25) is 24.7 Å². The van der Waals surface area contributed by atoms with Crippen LogP contribution in [0.5, 0.6) is 11.5 Å². The number of amides is 1. The molecule has 12 nitrogen and oxygen atoms in total. The van der Waals surface area contributed by atoms with Crippen LogP contribution >= 0.6 is 11.6 Å². The number of nitrogens with zero attached hydrogens (tertiary/aromatic N) is 3. The molecule has 2 aliphatic heterocycles. The molecule has 5 aromatic rings. The monoisotopic (exact) mass is 851 g/mol. The zero-order valence-electron chi connectivity index (χ0n) is 34.5. The van der Waals surface area contributed by atoms with Crippen molar-refractivity contribution < 1.29 is 23.3 Å². The lowest BCUT2D eigenvalue weighted by molar-refractivity contribution is 0.0699. The summed E-state index contributed by atoms with van der Waals surface area (Å²) in [7, 11) is -0.362. The number of anilines is 3. The highest BCUT2D eigenvalue weighted by Crippen LogP contribution is 2.43. The number of allylic oxidation sites excluding steroid dienone is 1. The van der Waals surface area contributed by atoms with Crippen molar-refractivity contribution in [2.75, 3.05) is 75.3 Å². The minimum absolute atomic E-state index is 0.256. The average molecular weight is 853 g/mol. The number of aromatic nitrogens is 2. The van der Waals surface area contributed by atoms with E-state index in [0.29, 0.717) is 28.0 Å². The smallest absolute Gasteiger partial charge is 0.266 e. The predicted octanol–water partition coefficient (Wildman–Crippen LogP) is 9.06. The number of ether oxygens (including phenoxy) is 2. The Morgan fingerprint density at radius 1 is 1.00 bits per heavy atom. The Hall–Kier alpha value is -4.92. The van der Waals surface area contributed by atoms with Crippen LogP contribution in [0, 0.1) is 11.3 Å². The molecule has 1 aliphatic carbocycles. The molecular weight excluding hydrogens is 798 g/mol. The second kappa shape index (κ2) is 18.8. The van der Waals surface area contributed by atoms with Crippen molar-refractivity contribution in [2.45, 2.75) is 50.8 Å². The van der Waals surface area contributed by atoms with Crippen LogP contribution in [0.1, 0.15) is 61.9 Å². The van der Waals surface area contributed by atoms with Gasteiger partial charge in [-0.05, 0) is 109 Å². The van der Waals surface area contributed by atoms with Gasteiger partial charge in [0.1, 0.15) is 17.1 Å². The van der Waals surface area contributed by atoms with E-state index in [2.05, 4.69) is 61.3 Å². The molecular formula is C46H54ClN7O5S. The van der Waals surface area contributed by atoms with Gasteiger partial charge in [0.2, 0.25) is 0 Å². The van der Waals surface area contributed by atoms with Crippen LogP contribution in [0.4, 0.5) is 17.1 Å². The van der Waals surface area contributed by atoms with Crippen LogP contribution in [0.15, 0.2) is 95.7 Å². The average Bonchev–Trinajstić information content (AvgIpc) is 3.73. The first-order chi connectivity index (χ1) is 29.1. The number of aromatic amines is 1. The summed E-state index contributed by atoms with van der Waals surface area (Å²) in [6.45, 7) is 11.4. The third kappa shape index (κ3) is 10.2. The highest BCUT2D eigenvalue weighted by molar-refractivity contribution is 7.83. The van der Waals surface area contributed by atoms with Crippen molar-refractivity contribution >= 4 is 62.2 Å². The van der Waals surface area contributed by atoms with Gasteiger partial charge in [-0.1, -0.05) is 43.2 Å². The quantitative estimate of drug-likeness (QED) is 0.0803. The van der Waals surface area contributed by atoms with Crippen molar-refractivity contribution in [1.82, 2.24) is 19.6 Å². The molecule has 2 aromatic heterocycles. The first-order valence-corrected chi connectivity index (χ1v) is 22.3. The van der Waals surface area contributed by atoms with Crippen LogP contribution in [0.25, 0.3) is 16.6 Å². The van der Waals surface area contributed by atoms with Gasteiger partial charge in [0.05, 0.1) is 35.1 Å². The molecule has 316 valence electrons. The maximum absolute atomic E-state index is 14.0. The van der Waals surface area contributed by atoms with E-state index in [1.54, 1.807) is 24.4 Å². The zero-order chi connectivity index (χ0) is 41.6. The Morgan fingerprint density at radius 3 is 2.58 bits per heavy atom. The van der Waals surface area contributed by atoms with Crippen LogP contribution in [-0.2, 0) is 20.6 Å². The first kappa shape index (κ1) is 41.8. The van der Waals surface area contributed by atoms with E-state index in [9.17, 15) is 9.00 Å². The van der Waals surface area contributed by atoms with Gasteiger partial charge in [0.25, 0.3) is 5.91 Å². The molecule has 1 unspecified atom stereocenters. The van der Waals surface area contributed by atoms with Crippen molar-refractivity contribution in [3.63, 3.8) is 0 Å². The molecule has 0 spiro atoms. The van der Waals surface area contributed by atoms with E-state index in [4.69, 9.17) is 25.9 Å². The van der Waals surface area contributed by atoms with E-state index in [1.807, 2.05) is 48.7 Å². The number of fused-ring (bicyclic) bond motifs is 1. The number of H-pyrrole nitrogens is 1. The number of carbonyl (C=O) groups excluding carboxylic acids is 1. The fraction of sp³-hybridized carbons (Fsp3) is 0.391. The van der Waals surface area contributed by atoms with Gasteiger partial charge in [0.15, 0.2) is 11.0 Å². The lowest BCUT2D eigenvalue weighted by Gasteiger charge is -2.39. The Morgan fingerprint density at radius 2 is 1.80 bits per heavy atom. The van der Waals surface area contributed by atoms with Crippen molar-refractivity contribution in [1.29, 1.82) is 0 Å². The lowest BCUT2D eigenvalue weighted by Crippen LogP contribution is -2.47. The van der Waals surface area contributed by atoms with Gasteiger partial charge in [-0.15, -0.1) is 0 Å². The zero-order valence-corrected chi connectivity index (χ0v) is 36.1. The van der Waals surface area contributed by atoms with Crippen molar-refractivity contribution in [3.8, 4) is 11.5 Å². The van der Waals surface area contributed by atoms with E-state index in [-0.39, 0.29) is 11.0 Å². The van der Waals surface area contributed by atoms with E-state index >= 15 is 0 Å². The number of pyridine rings is 1. The number of hydrogen-bond donors (Lipinski definition) is 4. The summed E-state index contributed by atoms with van der Waals surface area (Å²) in [5.41, 5.74) is 10.8. The van der Waals surface area contributed by atoms with Gasteiger partial charge < -0.3 is 24.7 Å². The standard InChI is InChI=1S/C46H54ClN7O5S/c1-46(2)16-12-34(40(27-46)32-4-6-35(47)7-5-32)30-53-18-20-54(21-19-53)36-8-10-39(43(25-36)59-37-24-33-13-17-48-44(33)50-29-37)45(55)52-60(56)38-9-11-41(42(26-38)51-57-3)49-28-31-14-22-58-23-15-31/h4-11,13,17,24-26,29,31,49,51H,12,14-16,18-23,27-28,30H2,1-3H3,(H,48,50)(H,52,55). The molecule has 0 bridgehead atoms. The maximum atomic E-state index is 14.0. The SMILES string of the molecule is CONc1cc(S(=O)NC(=O)c2ccc(N3CCN(CC4=C(c5ccc(Cl)cc5)CC(C)(C)CC4)CC3)cc2Oc2cnc3[nH]ccc3c2)ccc1NCC1CCOCC1. The summed E-state index contributed by atoms with van der Waals surface area (Å²) in [6, 6.07) is 23.0. The second-order valence-electron chi connectivity index (χ2n) is 16.7. The molecule has 60 heavy (non-hydrogen) atoms. The minimum Gasteiger partial charge on any atom is -0.455 e. The van der Waals surface area contributed by atoms with Gasteiger partial charge in [0, 0.05) is 80.8 Å². The second-order valence-corrected chi connectivity index (χ2v) is 18.4. The van der Waals surface area contributed by atoms with E-state index < -0.39 is 16.9 Å². The summed E-state index contributed by atoms with van der Waals surface area (Å²) in [4.78, 5) is 32.1. The number of piperazine rings is 1. The van der Waals surface area contributed by atoms with Crippen molar-refractivity contribution in [2.24, 2.45) is 11.3 Å². The number of nitrogens with one attached hydrogen (secondary N) is 4.